The van der Waals surface area contributed by atoms with Gasteiger partial charge in [0.2, 0.25) is 0 Å². The van der Waals surface area contributed by atoms with Crippen molar-refractivity contribution in [3.8, 4) is 11.4 Å². The van der Waals surface area contributed by atoms with E-state index in [1.54, 1.807) is 23.0 Å². The molecule has 3 rings (SSSR count). The van der Waals surface area contributed by atoms with Gasteiger partial charge in [-0.25, -0.2) is 9.58 Å². The Hall–Kier alpha value is -2.28. The number of rotatable bonds is 7. The fourth-order valence-electron chi connectivity index (χ4n) is 2.76. The molecule has 0 unspecified atom stereocenters. The SMILES string of the molecule is O=Cc1cnn(-c2ccc(OCCCN3CCCC3(F)F)cc2)c1. The maximum absolute atomic E-state index is 13.4. The predicted octanol–water partition coefficient (Wildman–Crippen LogP) is 3.14. The van der Waals surface area contributed by atoms with Gasteiger partial charge in [-0.2, -0.15) is 13.9 Å². The summed E-state index contributed by atoms with van der Waals surface area (Å²) in [6, 6.07) is 4.58. The molecule has 1 saturated heterocycles. The Labute approximate surface area is 138 Å². The van der Waals surface area contributed by atoms with Crippen molar-refractivity contribution in [2.75, 3.05) is 19.7 Å². The molecule has 0 atom stereocenters. The van der Waals surface area contributed by atoms with Gasteiger partial charge in [-0.1, -0.05) is 0 Å². The van der Waals surface area contributed by atoms with Gasteiger partial charge in [0.1, 0.15) is 5.75 Å². The van der Waals surface area contributed by atoms with Crippen LogP contribution in [0.15, 0.2) is 36.7 Å². The molecule has 5 nitrogen and oxygen atoms in total. The standard InChI is InChI=1S/C17H19F2N3O2/c18-17(19)7-1-8-21(17)9-2-10-24-16-5-3-15(4-6-16)22-12-14(13-23)11-20-22/h3-6,11-13H,1-2,7-10H2. The van der Waals surface area contributed by atoms with Crippen molar-refractivity contribution in [2.45, 2.75) is 25.3 Å². The van der Waals surface area contributed by atoms with Crippen LogP contribution in [0.2, 0.25) is 0 Å². The van der Waals surface area contributed by atoms with Gasteiger partial charge in [-0.3, -0.25) is 4.79 Å². The lowest BCUT2D eigenvalue weighted by molar-refractivity contribution is -0.119. The number of benzene rings is 1. The Bertz CT molecular complexity index is 685. The second-order valence-electron chi connectivity index (χ2n) is 5.79. The predicted molar refractivity (Wildman–Crippen MR) is 84.8 cm³/mol. The summed E-state index contributed by atoms with van der Waals surface area (Å²) in [5.41, 5.74) is 1.32. The van der Waals surface area contributed by atoms with Gasteiger partial charge in [0.15, 0.2) is 6.29 Å². The van der Waals surface area contributed by atoms with Gasteiger partial charge in [0.25, 0.3) is 0 Å². The normalized spacial score (nSPS) is 17.1. The Morgan fingerprint density at radius 3 is 2.71 bits per heavy atom. The average Bonchev–Trinajstić information content (AvgIpc) is 3.18. The van der Waals surface area contributed by atoms with E-state index < -0.39 is 6.05 Å². The van der Waals surface area contributed by atoms with E-state index in [0.29, 0.717) is 43.9 Å². The molecule has 2 heterocycles. The van der Waals surface area contributed by atoms with E-state index in [1.807, 2.05) is 12.1 Å². The van der Waals surface area contributed by atoms with E-state index >= 15 is 0 Å². The van der Waals surface area contributed by atoms with Crippen LogP contribution in [0.1, 0.15) is 29.6 Å². The third-order valence-electron chi connectivity index (χ3n) is 4.05. The minimum atomic E-state index is -2.66. The average molecular weight is 335 g/mol. The van der Waals surface area contributed by atoms with Crippen molar-refractivity contribution in [1.29, 1.82) is 0 Å². The summed E-state index contributed by atoms with van der Waals surface area (Å²) >= 11 is 0. The molecule has 1 aromatic carbocycles. The molecule has 0 bridgehead atoms. The Balaban J connectivity index is 1.47. The van der Waals surface area contributed by atoms with Gasteiger partial charge in [-0.15, -0.1) is 0 Å². The summed E-state index contributed by atoms with van der Waals surface area (Å²) in [4.78, 5) is 11.9. The van der Waals surface area contributed by atoms with Crippen LogP contribution in [0.3, 0.4) is 0 Å². The number of aromatic nitrogens is 2. The summed E-state index contributed by atoms with van der Waals surface area (Å²) in [5, 5.41) is 4.09. The number of hydrogen-bond donors (Lipinski definition) is 0. The zero-order valence-electron chi connectivity index (χ0n) is 13.2. The maximum atomic E-state index is 13.4. The summed E-state index contributed by atoms with van der Waals surface area (Å²) in [6.07, 6.45) is 4.93. The van der Waals surface area contributed by atoms with Crippen molar-refractivity contribution in [3.63, 3.8) is 0 Å². The van der Waals surface area contributed by atoms with Crippen LogP contribution in [0.5, 0.6) is 5.75 Å². The minimum absolute atomic E-state index is 0.0471. The number of carbonyl (C=O) groups is 1. The molecule has 24 heavy (non-hydrogen) atoms. The van der Waals surface area contributed by atoms with Crippen LogP contribution in [0, 0.1) is 0 Å². The molecule has 0 saturated carbocycles. The van der Waals surface area contributed by atoms with E-state index in [4.69, 9.17) is 4.74 Å². The van der Waals surface area contributed by atoms with Crippen LogP contribution < -0.4 is 4.74 Å². The van der Waals surface area contributed by atoms with Crippen molar-refractivity contribution in [3.05, 3.63) is 42.2 Å². The fourth-order valence-corrected chi connectivity index (χ4v) is 2.76. The number of carbonyl (C=O) groups excluding carboxylic acids is 1. The lowest BCUT2D eigenvalue weighted by atomic mass is 10.3. The molecule has 7 heteroatoms. The van der Waals surface area contributed by atoms with Gasteiger partial charge in [0, 0.05) is 25.7 Å². The highest BCUT2D eigenvalue weighted by molar-refractivity contribution is 5.73. The van der Waals surface area contributed by atoms with E-state index in [-0.39, 0.29) is 6.42 Å². The number of ether oxygens (including phenoxy) is 1. The second-order valence-corrected chi connectivity index (χ2v) is 5.79. The molecule has 0 aliphatic carbocycles. The molecular weight excluding hydrogens is 316 g/mol. The van der Waals surface area contributed by atoms with Gasteiger partial charge < -0.3 is 4.74 Å². The Morgan fingerprint density at radius 1 is 1.29 bits per heavy atom. The third kappa shape index (κ3) is 3.79. The Morgan fingerprint density at radius 2 is 2.08 bits per heavy atom. The molecule has 1 fully saturated rings. The van der Waals surface area contributed by atoms with Gasteiger partial charge >= 0.3 is 6.05 Å². The first-order valence-electron chi connectivity index (χ1n) is 7.94. The largest absolute Gasteiger partial charge is 0.494 e. The number of halogens is 2. The highest BCUT2D eigenvalue weighted by atomic mass is 19.3. The van der Waals surface area contributed by atoms with Crippen LogP contribution in [-0.2, 0) is 0 Å². The van der Waals surface area contributed by atoms with E-state index in [9.17, 15) is 13.6 Å². The highest BCUT2D eigenvalue weighted by Crippen LogP contribution is 2.31. The summed E-state index contributed by atoms with van der Waals surface area (Å²) in [5.74, 6) is 0.676. The first-order valence-corrected chi connectivity index (χ1v) is 7.94. The second kappa shape index (κ2) is 7.09. The van der Waals surface area contributed by atoms with Crippen molar-refractivity contribution >= 4 is 6.29 Å². The zero-order valence-corrected chi connectivity index (χ0v) is 13.2. The fraction of sp³-hybridized carbons (Fsp3) is 0.412. The van der Waals surface area contributed by atoms with E-state index in [2.05, 4.69) is 5.10 Å². The number of aldehydes is 1. The quantitative estimate of drug-likeness (QED) is 0.443. The number of likely N-dealkylation sites (tertiary alicyclic amines) is 1. The topological polar surface area (TPSA) is 47.4 Å². The molecule has 0 spiro atoms. The van der Waals surface area contributed by atoms with E-state index in [0.717, 1.165) is 12.0 Å². The lowest BCUT2D eigenvalue weighted by Gasteiger charge is -2.23. The first-order chi connectivity index (χ1) is 11.6. The van der Waals surface area contributed by atoms with Crippen molar-refractivity contribution in [2.24, 2.45) is 0 Å². The summed E-state index contributed by atoms with van der Waals surface area (Å²) < 4.78 is 34.1. The third-order valence-corrected chi connectivity index (χ3v) is 4.05. The summed E-state index contributed by atoms with van der Waals surface area (Å²) in [7, 11) is 0. The molecule has 1 aromatic heterocycles. The number of nitrogens with zero attached hydrogens (tertiary/aromatic N) is 3. The number of alkyl halides is 2. The van der Waals surface area contributed by atoms with Gasteiger partial charge in [-0.05, 0) is 37.1 Å². The molecule has 0 N–H and O–H groups in total. The number of hydrogen-bond acceptors (Lipinski definition) is 4. The highest BCUT2D eigenvalue weighted by Gasteiger charge is 2.40. The molecule has 0 radical (unpaired) electrons. The molecule has 0 amide bonds. The van der Waals surface area contributed by atoms with Crippen molar-refractivity contribution in [1.82, 2.24) is 14.7 Å². The smallest absolute Gasteiger partial charge is 0.304 e. The molecule has 1 aliphatic rings. The molecule has 128 valence electrons. The van der Waals surface area contributed by atoms with Crippen LogP contribution in [0.25, 0.3) is 5.69 Å². The molecule has 1 aliphatic heterocycles. The minimum Gasteiger partial charge on any atom is -0.494 e. The van der Waals surface area contributed by atoms with Crippen LogP contribution in [-0.4, -0.2) is 46.7 Å². The monoisotopic (exact) mass is 335 g/mol. The van der Waals surface area contributed by atoms with Crippen molar-refractivity contribution < 1.29 is 18.3 Å². The molecular formula is C17H19F2N3O2. The zero-order chi connectivity index (χ0) is 17.0. The maximum Gasteiger partial charge on any atom is 0.304 e. The first kappa shape index (κ1) is 16.6. The lowest BCUT2D eigenvalue weighted by Crippen LogP contribution is -2.36. The Kier molecular flexibility index (Phi) is 4.89. The summed E-state index contributed by atoms with van der Waals surface area (Å²) in [6.45, 7) is 1.18. The van der Waals surface area contributed by atoms with E-state index in [1.165, 1.54) is 11.1 Å². The van der Waals surface area contributed by atoms with Gasteiger partial charge in [0.05, 0.1) is 24.1 Å². The van der Waals surface area contributed by atoms with Crippen LogP contribution in [0.4, 0.5) is 8.78 Å². The molecule has 2 aromatic rings. The van der Waals surface area contributed by atoms with Crippen LogP contribution >= 0.6 is 0 Å².